The van der Waals surface area contributed by atoms with Gasteiger partial charge in [-0.1, -0.05) is 18.3 Å². The minimum absolute atomic E-state index is 0.126. The monoisotopic (exact) mass is 346 g/mol. The highest BCUT2D eigenvalue weighted by atomic mass is 35.5. The van der Waals surface area contributed by atoms with E-state index in [1.165, 1.54) is 24.3 Å². The van der Waals surface area contributed by atoms with Crippen LogP contribution < -0.4 is 10.0 Å². The van der Waals surface area contributed by atoms with Crippen LogP contribution in [-0.4, -0.2) is 31.1 Å². The topological polar surface area (TPSA) is 101 Å². The molecule has 0 radical (unpaired) electrons. The number of hydrogen-bond acceptors (Lipinski definition) is 6. The first-order chi connectivity index (χ1) is 9.92. The molecule has 0 aliphatic heterocycles. The molecule has 21 heavy (non-hydrogen) atoms. The molecule has 2 N–H and O–H groups in total. The molecule has 2 rings (SSSR count). The molecule has 0 atom stereocenters. The number of anilines is 1. The van der Waals surface area contributed by atoms with Gasteiger partial charge in [0, 0.05) is 12.2 Å². The molecule has 0 fully saturated rings. The molecule has 0 unspecified atom stereocenters. The quantitative estimate of drug-likeness (QED) is 0.858. The molecule has 0 aliphatic rings. The predicted molar refractivity (Wildman–Crippen MR) is 80.2 cm³/mol. The van der Waals surface area contributed by atoms with E-state index in [4.69, 9.17) is 11.6 Å². The summed E-state index contributed by atoms with van der Waals surface area (Å²) in [5, 5.41) is 9.85. The van der Waals surface area contributed by atoms with Crippen LogP contribution in [0.5, 0.6) is 0 Å². The fourth-order valence-corrected chi connectivity index (χ4v) is 3.24. The Hall–Kier alpha value is -1.55. The maximum atomic E-state index is 11.8. The van der Waals surface area contributed by atoms with Crippen molar-refractivity contribution in [2.75, 3.05) is 11.9 Å². The van der Waals surface area contributed by atoms with E-state index in [0.29, 0.717) is 12.2 Å². The van der Waals surface area contributed by atoms with Gasteiger partial charge in [-0.25, -0.2) is 13.1 Å². The van der Waals surface area contributed by atoms with E-state index in [1.807, 2.05) is 0 Å². The Bertz CT molecular complexity index is 743. The van der Waals surface area contributed by atoms with Gasteiger partial charge in [0.2, 0.25) is 19.5 Å². The molecule has 112 valence electrons. The lowest BCUT2D eigenvalue weighted by molar-refractivity contribution is 0.102. The normalized spacial score (nSPS) is 11.3. The Kier molecular flexibility index (Phi) is 4.88. The van der Waals surface area contributed by atoms with Crippen LogP contribution >= 0.6 is 22.9 Å². The molecule has 1 aromatic carbocycles. The number of rotatable bonds is 5. The zero-order valence-corrected chi connectivity index (χ0v) is 13.2. The highest BCUT2D eigenvalue weighted by Gasteiger charge is 2.14. The van der Waals surface area contributed by atoms with Crippen LogP contribution in [0.15, 0.2) is 29.2 Å². The van der Waals surface area contributed by atoms with Gasteiger partial charge in [-0.15, -0.1) is 10.2 Å². The summed E-state index contributed by atoms with van der Waals surface area (Å²) >= 11 is 6.55. The summed E-state index contributed by atoms with van der Waals surface area (Å²) in [6.07, 6.45) is 0. The van der Waals surface area contributed by atoms with E-state index in [2.05, 4.69) is 20.2 Å². The molecule has 0 bridgehead atoms. The highest BCUT2D eigenvalue weighted by molar-refractivity contribution is 7.89. The number of nitrogens with zero attached hydrogens (tertiary/aromatic N) is 2. The molecule has 1 heterocycles. The Labute approximate surface area is 130 Å². The number of aromatic nitrogens is 2. The van der Waals surface area contributed by atoms with Crippen LogP contribution in [0.1, 0.15) is 16.7 Å². The van der Waals surface area contributed by atoms with Crippen LogP contribution in [0.3, 0.4) is 0 Å². The van der Waals surface area contributed by atoms with E-state index < -0.39 is 15.9 Å². The largest absolute Gasteiger partial charge is 0.320 e. The first-order valence-electron chi connectivity index (χ1n) is 5.82. The predicted octanol–water partition coefficient (Wildman–Crippen LogP) is 1.74. The summed E-state index contributed by atoms with van der Waals surface area (Å²) < 4.78 is 26.1. The molecule has 7 nitrogen and oxygen atoms in total. The van der Waals surface area contributed by atoms with Gasteiger partial charge in [-0.3, -0.25) is 4.79 Å². The van der Waals surface area contributed by atoms with E-state index in [1.54, 1.807) is 6.92 Å². The van der Waals surface area contributed by atoms with Gasteiger partial charge in [0.1, 0.15) is 0 Å². The van der Waals surface area contributed by atoms with Crippen molar-refractivity contribution in [3.05, 3.63) is 33.7 Å². The van der Waals surface area contributed by atoms with Gasteiger partial charge in [-0.05, 0) is 35.9 Å². The van der Waals surface area contributed by atoms with Crippen molar-refractivity contribution < 1.29 is 13.2 Å². The van der Waals surface area contributed by atoms with Crippen molar-refractivity contribution in [1.29, 1.82) is 0 Å². The molecule has 2 aromatic rings. The lowest BCUT2D eigenvalue weighted by atomic mass is 10.3. The minimum atomic E-state index is -3.50. The van der Waals surface area contributed by atoms with Gasteiger partial charge in [0.05, 0.1) is 4.90 Å². The third-order valence-electron chi connectivity index (χ3n) is 2.35. The lowest BCUT2D eigenvalue weighted by Crippen LogP contribution is -2.23. The van der Waals surface area contributed by atoms with Crippen LogP contribution in [-0.2, 0) is 10.0 Å². The van der Waals surface area contributed by atoms with Crippen molar-refractivity contribution >= 4 is 44.6 Å². The zero-order chi connectivity index (χ0) is 15.5. The van der Waals surface area contributed by atoms with Crippen LogP contribution in [0.2, 0.25) is 4.47 Å². The number of halogens is 1. The smallest absolute Gasteiger partial charge is 0.286 e. The summed E-state index contributed by atoms with van der Waals surface area (Å²) in [6, 6.07) is 5.79. The van der Waals surface area contributed by atoms with E-state index in [9.17, 15) is 13.2 Å². The Morgan fingerprint density at radius 3 is 2.48 bits per heavy atom. The van der Waals surface area contributed by atoms with Crippen molar-refractivity contribution in [3.8, 4) is 0 Å². The molecule has 0 saturated heterocycles. The number of benzene rings is 1. The van der Waals surface area contributed by atoms with Crippen molar-refractivity contribution in [2.45, 2.75) is 11.8 Å². The second-order valence-corrected chi connectivity index (χ2v) is 7.17. The lowest BCUT2D eigenvalue weighted by Gasteiger charge is -2.06. The third kappa shape index (κ3) is 3.97. The summed E-state index contributed by atoms with van der Waals surface area (Å²) in [7, 11) is -3.50. The Balaban J connectivity index is 2.11. The molecule has 0 spiro atoms. The minimum Gasteiger partial charge on any atom is -0.320 e. The molecule has 1 amide bonds. The molecule has 10 heteroatoms. The fourth-order valence-electron chi connectivity index (χ4n) is 1.47. The van der Waals surface area contributed by atoms with Crippen LogP contribution in [0.25, 0.3) is 0 Å². The van der Waals surface area contributed by atoms with E-state index in [-0.39, 0.29) is 14.4 Å². The van der Waals surface area contributed by atoms with Gasteiger partial charge in [0.15, 0.2) is 0 Å². The summed E-state index contributed by atoms with van der Waals surface area (Å²) in [5.41, 5.74) is 0.446. The van der Waals surface area contributed by atoms with Crippen molar-refractivity contribution in [1.82, 2.24) is 14.9 Å². The number of sulfonamides is 1. The van der Waals surface area contributed by atoms with Gasteiger partial charge >= 0.3 is 0 Å². The zero-order valence-electron chi connectivity index (χ0n) is 10.8. The average Bonchev–Trinajstić information content (AvgIpc) is 2.86. The SMILES string of the molecule is CCNS(=O)(=O)c1ccc(NC(=O)c2nnc(Cl)s2)cc1. The highest BCUT2D eigenvalue weighted by Crippen LogP contribution is 2.18. The number of carbonyl (C=O) groups is 1. The number of hydrogen-bond donors (Lipinski definition) is 2. The average molecular weight is 347 g/mol. The summed E-state index contributed by atoms with van der Waals surface area (Å²) in [4.78, 5) is 11.9. The molecular weight excluding hydrogens is 336 g/mol. The summed E-state index contributed by atoms with van der Waals surface area (Å²) in [6.45, 7) is 2.00. The molecule has 1 aromatic heterocycles. The molecule has 0 saturated carbocycles. The number of carbonyl (C=O) groups excluding carboxylic acids is 1. The fraction of sp³-hybridized carbons (Fsp3) is 0.182. The maximum absolute atomic E-state index is 11.8. The van der Waals surface area contributed by atoms with E-state index >= 15 is 0 Å². The summed E-state index contributed by atoms with van der Waals surface area (Å²) in [5.74, 6) is -0.457. The number of amides is 1. The van der Waals surface area contributed by atoms with E-state index in [0.717, 1.165) is 11.3 Å². The third-order valence-corrected chi connectivity index (χ3v) is 4.93. The Morgan fingerprint density at radius 1 is 1.29 bits per heavy atom. The standard InChI is InChI=1S/C11H11ClN4O3S2/c1-2-13-21(18,19)8-5-3-7(4-6-8)14-9(17)10-15-16-11(12)20-10/h3-6,13H,2H2,1H3,(H,14,17). The van der Waals surface area contributed by atoms with Crippen LogP contribution in [0, 0.1) is 0 Å². The second kappa shape index (κ2) is 6.48. The number of nitrogens with one attached hydrogen (secondary N) is 2. The Morgan fingerprint density at radius 2 is 1.95 bits per heavy atom. The molecular formula is C11H11ClN4O3S2. The second-order valence-electron chi connectivity index (χ2n) is 3.84. The maximum Gasteiger partial charge on any atom is 0.286 e. The molecule has 0 aliphatic carbocycles. The van der Waals surface area contributed by atoms with Gasteiger partial charge in [0.25, 0.3) is 5.91 Å². The first kappa shape index (κ1) is 15.8. The van der Waals surface area contributed by atoms with Gasteiger partial charge in [-0.2, -0.15) is 0 Å². The first-order valence-corrected chi connectivity index (χ1v) is 8.50. The van der Waals surface area contributed by atoms with Crippen LogP contribution in [0.4, 0.5) is 5.69 Å². The van der Waals surface area contributed by atoms with Crippen molar-refractivity contribution in [3.63, 3.8) is 0 Å². The van der Waals surface area contributed by atoms with Gasteiger partial charge < -0.3 is 5.32 Å². The van der Waals surface area contributed by atoms with Crippen molar-refractivity contribution in [2.24, 2.45) is 0 Å².